The van der Waals surface area contributed by atoms with Gasteiger partial charge >= 0.3 is 0 Å². The SMILES string of the molecule is CCN(CC)CCNC(=O)c1ccc(NC(=O)c2ccc(-c3ccccc3)cc2)cc1OC. The molecule has 0 aromatic heterocycles. The van der Waals surface area contributed by atoms with Crippen molar-refractivity contribution in [3.63, 3.8) is 0 Å². The van der Waals surface area contributed by atoms with Gasteiger partial charge in [-0.05, 0) is 48.5 Å². The first-order valence-electron chi connectivity index (χ1n) is 11.2. The summed E-state index contributed by atoms with van der Waals surface area (Å²) >= 11 is 0. The highest BCUT2D eigenvalue weighted by atomic mass is 16.5. The van der Waals surface area contributed by atoms with Crippen LogP contribution in [-0.4, -0.2) is 50.0 Å². The van der Waals surface area contributed by atoms with Gasteiger partial charge in [-0.1, -0.05) is 56.3 Å². The molecule has 0 heterocycles. The highest BCUT2D eigenvalue weighted by molar-refractivity contribution is 6.05. The number of hydrogen-bond donors (Lipinski definition) is 2. The van der Waals surface area contributed by atoms with Crippen molar-refractivity contribution in [3.05, 3.63) is 83.9 Å². The van der Waals surface area contributed by atoms with Gasteiger partial charge in [0.05, 0.1) is 12.7 Å². The Bertz CT molecular complexity index is 1060. The Labute approximate surface area is 195 Å². The van der Waals surface area contributed by atoms with Gasteiger partial charge in [-0.2, -0.15) is 0 Å². The minimum atomic E-state index is -0.229. The van der Waals surface area contributed by atoms with Crippen LogP contribution >= 0.6 is 0 Å². The Morgan fingerprint density at radius 1 is 0.848 bits per heavy atom. The molecule has 3 aromatic rings. The van der Waals surface area contributed by atoms with Crippen LogP contribution < -0.4 is 15.4 Å². The van der Waals surface area contributed by atoms with Crippen LogP contribution in [0, 0.1) is 0 Å². The Hall–Kier alpha value is -3.64. The molecule has 0 atom stereocenters. The molecule has 2 amide bonds. The predicted molar refractivity (Wildman–Crippen MR) is 133 cm³/mol. The number of amides is 2. The smallest absolute Gasteiger partial charge is 0.255 e. The molecule has 0 saturated heterocycles. The summed E-state index contributed by atoms with van der Waals surface area (Å²) in [5, 5.41) is 5.80. The highest BCUT2D eigenvalue weighted by Crippen LogP contribution is 2.24. The van der Waals surface area contributed by atoms with Crippen LogP contribution in [0.4, 0.5) is 5.69 Å². The summed E-state index contributed by atoms with van der Waals surface area (Å²) in [5.74, 6) is -0.0194. The lowest BCUT2D eigenvalue weighted by Crippen LogP contribution is -2.34. The summed E-state index contributed by atoms with van der Waals surface area (Å²) in [7, 11) is 1.51. The molecule has 0 saturated carbocycles. The third-order valence-electron chi connectivity index (χ3n) is 5.57. The minimum absolute atomic E-state index is 0.201. The lowest BCUT2D eigenvalue weighted by molar-refractivity contribution is 0.0945. The Kier molecular flexibility index (Phi) is 8.61. The van der Waals surface area contributed by atoms with Crippen molar-refractivity contribution in [3.8, 4) is 16.9 Å². The maximum atomic E-state index is 12.7. The van der Waals surface area contributed by atoms with Gasteiger partial charge in [0.2, 0.25) is 0 Å². The highest BCUT2D eigenvalue weighted by Gasteiger charge is 2.14. The Morgan fingerprint density at radius 3 is 2.15 bits per heavy atom. The zero-order valence-corrected chi connectivity index (χ0v) is 19.4. The zero-order chi connectivity index (χ0) is 23.6. The molecular weight excluding hydrogens is 414 g/mol. The average Bonchev–Trinajstić information content (AvgIpc) is 2.87. The second kappa shape index (κ2) is 11.8. The largest absolute Gasteiger partial charge is 0.496 e. The minimum Gasteiger partial charge on any atom is -0.496 e. The third kappa shape index (κ3) is 6.43. The predicted octanol–water partition coefficient (Wildman–Crippen LogP) is 4.69. The van der Waals surface area contributed by atoms with Gasteiger partial charge in [0, 0.05) is 30.4 Å². The maximum Gasteiger partial charge on any atom is 0.255 e. The molecular formula is C27H31N3O3. The number of benzene rings is 3. The first-order chi connectivity index (χ1) is 16.0. The molecule has 172 valence electrons. The molecule has 0 spiro atoms. The monoisotopic (exact) mass is 445 g/mol. The number of ether oxygens (including phenoxy) is 1. The number of carbonyl (C=O) groups excluding carboxylic acids is 2. The van der Waals surface area contributed by atoms with Gasteiger partial charge < -0.3 is 20.3 Å². The van der Waals surface area contributed by atoms with E-state index in [-0.39, 0.29) is 11.8 Å². The van der Waals surface area contributed by atoms with Crippen molar-refractivity contribution >= 4 is 17.5 Å². The van der Waals surface area contributed by atoms with E-state index in [2.05, 4.69) is 29.4 Å². The summed E-state index contributed by atoms with van der Waals surface area (Å²) < 4.78 is 5.41. The number of likely N-dealkylation sites (N-methyl/N-ethyl adjacent to an activating group) is 1. The standard InChI is InChI=1S/C27H31N3O3/c1-4-30(5-2)18-17-28-27(32)24-16-15-23(19-25(24)33-3)29-26(31)22-13-11-21(12-14-22)20-9-7-6-8-10-20/h6-16,19H,4-5,17-18H2,1-3H3,(H,28,32)(H,29,31). The first-order valence-corrected chi connectivity index (χ1v) is 11.2. The van der Waals surface area contributed by atoms with Gasteiger partial charge in [-0.3, -0.25) is 9.59 Å². The number of anilines is 1. The molecule has 0 radical (unpaired) electrons. The lowest BCUT2D eigenvalue weighted by Gasteiger charge is -2.18. The topological polar surface area (TPSA) is 70.7 Å². The fourth-order valence-electron chi connectivity index (χ4n) is 3.57. The molecule has 0 bridgehead atoms. The molecule has 0 aliphatic rings. The summed E-state index contributed by atoms with van der Waals surface area (Å²) in [5.41, 5.74) is 3.68. The number of carbonyl (C=O) groups is 2. The van der Waals surface area contributed by atoms with E-state index in [4.69, 9.17) is 4.74 Å². The average molecular weight is 446 g/mol. The second-order valence-electron chi connectivity index (χ2n) is 7.60. The van der Waals surface area contributed by atoms with Gasteiger partial charge in [0.1, 0.15) is 5.75 Å². The van der Waals surface area contributed by atoms with Crippen molar-refractivity contribution in [2.75, 3.05) is 38.6 Å². The van der Waals surface area contributed by atoms with Crippen LogP contribution in [0.15, 0.2) is 72.8 Å². The molecule has 0 unspecified atom stereocenters. The zero-order valence-electron chi connectivity index (χ0n) is 19.4. The molecule has 33 heavy (non-hydrogen) atoms. The van der Waals surface area contributed by atoms with E-state index in [0.29, 0.717) is 29.1 Å². The van der Waals surface area contributed by atoms with Crippen molar-refractivity contribution in [1.29, 1.82) is 0 Å². The van der Waals surface area contributed by atoms with E-state index < -0.39 is 0 Å². The van der Waals surface area contributed by atoms with Crippen molar-refractivity contribution in [1.82, 2.24) is 10.2 Å². The van der Waals surface area contributed by atoms with Crippen LogP contribution in [-0.2, 0) is 0 Å². The molecule has 2 N–H and O–H groups in total. The number of methoxy groups -OCH3 is 1. The fourth-order valence-corrected chi connectivity index (χ4v) is 3.57. The van der Waals surface area contributed by atoms with E-state index in [0.717, 1.165) is 30.8 Å². The van der Waals surface area contributed by atoms with Crippen LogP contribution in [0.2, 0.25) is 0 Å². The third-order valence-corrected chi connectivity index (χ3v) is 5.57. The molecule has 0 aliphatic heterocycles. The molecule has 6 nitrogen and oxygen atoms in total. The number of nitrogens with one attached hydrogen (secondary N) is 2. The van der Waals surface area contributed by atoms with Crippen LogP contribution in [0.25, 0.3) is 11.1 Å². The van der Waals surface area contributed by atoms with Crippen molar-refractivity contribution in [2.45, 2.75) is 13.8 Å². The quantitative estimate of drug-likeness (QED) is 0.475. The second-order valence-corrected chi connectivity index (χ2v) is 7.60. The van der Waals surface area contributed by atoms with E-state index in [9.17, 15) is 9.59 Å². The van der Waals surface area contributed by atoms with Crippen LogP contribution in [0.5, 0.6) is 5.75 Å². The van der Waals surface area contributed by atoms with E-state index >= 15 is 0 Å². The lowest BCUT2D eigenvalue weighted by atomic mass is 10.0. The van der Waals surface area contributed by atoms with Gasteiger partial charge in [0.15, 0.2) is 0 Å². The fraction of sp³-hybridized carbons (Fsp3) is 0.259. The summed E-state index contributed by atoms with van der Waals surface area (Å²) in [6.07, 6.45) is 0. The van der Waals surface area contributed by atoms with Gasteiger partial charge in [-0.25, -0.2) is 0 Å². The first kappa shape index (κ1) is 24.0. The molecule has 6 heteroatoms. The van der Waals surface area contributed by atoms with Gasteiger partial charge in [-0.15, -0.1) is 0 Å². The Morgan fingerprint density at radius 2 is 1.52 bits per heavy atom. The Balaban J connectivity index is 1.64. The van der Waals surface area contributed by atoms with Crippen molar-refractivity contribution in [2.24, 2.45) is 0 Å². The summed E-state index contributed by atoms with van der Waals surface area (Å²) in [4.78, 5) is 27.5. The maximum absolute atomic E-state index is 12.7. The molecule has 3 aromatic carbocycles. The van der Waals surface area contributed by atoms with Gasteiger partial charge in [0.25, 0.3) is 11.8 Å². The van der Waals surface area contributed by atoms with E-state index in [1.165, 1.54) is 7.11 Å². The normalized spacial score (nSPS) is 10.7. The van der Waals surface area contributed by atoms with E-state index in [1.54, 1.807) is 30.3 Å². The van der Waals surface area contributed by atoms with Crippen LogP contribution in [0.1, 0.15) is 34.6 Å². The number of hydrogen-bond acceptors (Lipinski definition) is 4. The summed E-state index contributed by atoms with van der Waals surface area (Å²) in [6.45, 7) is 7.43. The molecule has 0 fully saturated rings. The number of nitrogens with zero attached hydrogens (tertiary/aromatic N) is 1. The van der Waals surface area contributed by atoms with E-state index in [1.807, 2.05) is 42.5 Å². The number of rotatable bonds is 10. The van der Waals surface area contributed by atoms with Crippen LogP contribution in [0.3, 0.4) is 0 Å². The van der Waals surface area contributed by atoms with Crippen molar-refractivity contribution < 1.29 is 14.3 Å². The summed E-state index contributed by atoms with van der Waals surface area (Å²) in [6, 6.07) is 22.5. The molecule has 3 rings (SSSR count). The molecule has 0 aliphatic carbocycles.